The van der Waals surface area contributed by atoms with Gasteiger partial charge in [0.15, 0.2) is 0 Å². The minimum atomic E-state index is -0.430. The van der Waals surface area contributed by atoms with Crippen LogP contribution in [0.1, 0.15) is 29.2 Å². The van der Waals surface area contributed by atoms with Crippen LogP contribution in [0.2, 0.25) is 5.02 Å². The molecule has 0 radical (unpaired) electrons. The topological polar surface area (TPSA) is 55.1 Å². The summed E-state index contributed by atoms with van der Waals surface area (Å²) >= 11 is 6.06. The third-order valence-corrected chi connectivity index (χ3v) is 4.01. The second-order valence-electron chi connectivity index (χ2n) is 5.11. The van der Waals surface area contributed by atoms with Crippen molar-refractivity contribution >= 4 is 23.2 Å². The fraction of sp³-hybridized carbons (Fsp3) is 0.188. The number of rotatable bonds is 2. The lowest BCUT2D eigenvalue weighted by atomic mass is 9.94. The van der Waals surface area contributed by atoms with Crippen molar-refractivity contribution in [1.29, 1.82) is 0 Å². The third kappa shape index (κ3) is 2.77. The van der Waals surface area contributed by atoms with Crippen LogP contribution in [0, 0.1) is 5.82 Å². The molecule has 0 bridgehead atoms. The van der Waals surface area contributed by atoms with Crippen LogP contribution in [0.15, 0.2) is 36.4 Å². The number of benzene rings is 2. The summed E-state index contributed by atoms with van der Waals surface area (Å²) < 4.78 is 13.1. The molecule has 21 heavy (non-hydrogen) atoms. The predicted molar refractivity (Wildman–Crippen MR) is 80.8 cm³/mol. The molecule has 3 rings (SSSR count). The number of hydrogen-bond acceptors (Lipinski definition) is 2. The zero-order valence-corrected chi connectivity index (χ0v) is 12.0. The van der Waals surface area contributed by atoms with Crippen molar-refractivity contribution in [3.63, 3.8) is 0 Å². The van der Waals surface area contributed by atoms with Gasteiger partial charge >= 0.3 is 0 Å². The molecule has 0 fully saturated rings. The minimum absolute atomic E-state index is 0.0288. The molecule has 3 nitrogen and oxygen atoms in total. The summed E-state index contributed by atoms with van der Waals surface area (Å²) in [7, 11) is 0. The maximum Gasteiger partial charge on any atom is 0.224 e. The molecule has 108 valence electrons. The van der Waals surface area contributed by atoms with Crippen LogP contribution in [0.5, 0.6) is 0 Å². The number of aryl methyl sites for hydroxylation is 1. The molecule has 2 aromatic rings. The number of nitrogens with one attached hydrogen (secondary N) is 1. The van der Waals surface area contributed by atoms with Gasteiger partial charge in [-0.3, -0.25) is 4.79 Å². The van der Waals surface area contributed by atoms with E-state index in [0.29, 0.717) is 23.4 Å². The molecule has 0 saturated heterocycles. The Morgan fingerprint density at radius 3 is 2.76 bits per heavy atom. The highest BCUT2D eigenvalue weighted by molar-refractivity contribution is 6.31. The Labute approximate surface area is 126 Å². The number of fused-ring (bicyclic) bond motifs is 1. The Balaban J connectivity index is 1.95. The first-order valence-corrected chi connectivity index (χ1v) is 7.05. The number of halogens is 2. The SMILES string of the molecule is NC(c1ccc2c(c1)CCC(=O)N2)c1ccc(F)cc1Cl. The van der Waals surface area contributed by atoms with Crippen molar-refractivity contribution in [3.05, 3.63) is 63.9 Å². The van der Waals surface area contributed by atoms with Gasteiger partial charge in [0.25, 0.3) is 0 Å². The average molecular weight is 305 g/mol. The Morgan fingerprint density at radius 1 is 1.19 bits per heavy atom. The number of anilines is 1. The molecule has 0 aromatic heterocycles. The van der Waals surface area contributed by atoms with E-state index < -0.39 is 6.04 Å². The molecule has 1 heterocycles. The lowest BCUT2D eigenvalue weighted by Gasteiger charge is -2.20. The van der Waals surface area contributed by atoms with Gasteiger partial charge in [-0.05, 0) is 41.3 Å². The molecule has 3 N–H and O–H groups in total. The first-order chi connectivity index (χ1) is 10.0. The third-order valence-electron chi connectivity index (χ3n) is 3.68. The predicted octanol–water partition coefficient (Wildman–Crippen LogP) is 3.41. The zero-order chi connectivity index (χ0) is 15.0. The number of hydrogen-bond donors (Lipinski definition) is 2. The van der Waals surface area contributed by atoms with Crippen LogP contribution in [0.3, 0.4) is 0 Å². The van der Waals surface area contributed by atoms with Gasteiger partial charge in [0.1, 0.15) is 5.82 Å². The van der Waals surface area contributed by atoms with E-state index in [1.165, 1.54) is 12.1 Å². The summed E-state index contributed by atoms with van der Waals surface area (Å²) in [6.45, 7) is 0. The summed E-state index contributed by atoms with van der Waals surface area (Å²) in [6, 6.07) is 9.45. The largest absolute Gasteiger partial charge is 0.326 e. The van der Waals surface area contributed by atoms with Crippen LogP contribution in [0.25, 0.3) is 0 Å². The van der Waals surface area contributed by atoms with E-state index in [0.717, 1.165) is 16.8 Å². The molecular weight excluding hydrogens is 291 g/mol. The Bertz CT molecular complexity index is 717. The molecule has 5 heteroatoms. The summed E-state index contributed by atoms with van der Waals surface area (Å²) in [5.41, 5.74) is 9.68. The lowest BCUT2D eigenvalue weighted by Crippen LogP contribution is -2.20. The van der Waals surface area contributed by atoms with E-state index in [-0.39, 0.29) is 11.7 Å². The number of nitrogens with two attached hydrogens (primary N) is 1. The van der Waals surface area contributed by atoms with Gasteiger partial charge in [-0.15, -0.1) is 0 Å². The summed E-state index contributed by atoms with van der Waals surface area (Å²) in [5, 5.41) is 3.14. The minimum Gasteiger partial charge on any atom is -0.326 e. The normalized spacial score (nSPS) is 15.3. The van der Waals surface area contributed by atoms with Crippen molar-refractivity contribution in [2.24, 2.45) is 5.73 Å². The maximum atomic E-state index is 13.1. The molecular formula is C16H14ClFN2O. The summed E-state index contributed by atoms with van der Waals surface area (Å²) in [4.78, 5) is 11.4. The van der Waals surface area contributed by atoms with Crippen LogP contribution in [0.4, 0.5) is 10.1 Å². The zero-order valence-electron chi connectivity index (χ0n) is 11.2. The van der Waals surface area contributed by atoms with Crippen LogP contribution in [-0.2, 0) is 11.2 Å². The Kier molecular flexibility index (Phi) is 3.66. The van der Waals surface area contributed by atoms with Crippen molar-refractivity contribution in [2.45, 2.75) is 18.9 Å². The van der Waals surface area contributed by atoms with Gasteiger partial charge in [-0.2, -0.15) is 0 Å². The molecule has 1 aliphatic heterocycles. The highest BCUT2D eigenvalue weighted by atomic mass is 35.5. The molecule has 1 unspecified atom stereocenters. The molecule has 1 amide bonds. The second-order valence-corrected chi connectivity index (χ2v) is 5.52. The highest BCUT2D eigenvalue weighted by Gasteiger charge is 2.18. The standard InChI is InChI=1S/C16H14ClFN2O/c17-13-8-11(18)3-4-12(13)16(19)10-1-5-14-9(7-10)2-6-15(21)20-14/h1,3-5,7-8,16H,2,6,19H2,(H,20,21). The lowest BCUT2D eigenvalue weighted by molar-refractivity contribution is -0.116. The van der Waals surface area contributed by atoms with Crippen LogP contribution < -0.4 is 11.1 Å². The van der Waals surface area contributed by atoms with Crippen molar-refractivity contribution in [1.82, 2.24) is 0 Å². The average Bonchev–Trinajstić information content (AvgIpc) is 2.46. The van der Waals surface area contributed by atoms with E-state index in [1.807, 2.05) is 18.2 Å². The molecule has 1 aliphatic rings. The van der Waals surface area contributed by atoms with E-state index in [4.69, 9.17) is 17.3 Å². The summed E-state index contributed by atoms with van der Waals surface area (Å²) in [5.74, 6) is -0.356. The van der Waals surface area contributed by atoms with Gasteiger partial charge in [0.05, 0.1) is 6.04 Å². The number of carbonyl (C=O) groups excluding carboxylic acids is 1. The van der Waals surface area contributed by atoms with Gasteiger partial charge < -0.3 is 11.1 Å². The molecule has 0 spiro atoms. The first kappa shape index (κ1) is 14.0. The highest BCUT2D eigenvalue weighted by Crippen LogP contribution is 2.31. The first-order valence-electron chi connectivity index (χ1n) is 6.68. The van der Waals surface area contributed by atoms with Gasteiger partial charge in [0, 0.05) is 17.1 Å². The monoisotopic (exact) mass is 304 g/mol. The van der Waals surface area contributed by atoms with Crippen LogP contribution >= 0.6 is 11.6 Å². The van der Waals surface area contributed by atoms with E-state index in [1.54, 1.807) is 6.07 Å². The Morgan fingerprint density at radius 2 is 2.00 bits per heavy atom. The fourth-order valence-electron chi connectivity index (χ4n) is 2.53. The van der Waals surface area contributed by atoms with Gasteiger partial charge in [-0.25, -0.2) is 4.39 Å². The maximum absolute atomic E-state index is 13.1. The molecule has 2 aromatic carbocycles. The van der Waals surface area contributed by atoms with E-state index in [9.17, 15) is 9.18 Å². The van der Waals surface area contributed by atoms with E-state index >= 15 is 0 Å². The summed E-state index contributed by atoms with van der Waals surface area (Å²) in [6.07, 6.45) is 1.17. The molecule has 0 aliphatic carbocycles. The van der Waals surface area contributed by atoms with Gasteiger partial charge in [-0.1, -0.05) is 29.8 Å². The van der Waals surface area contributed by atoms with E-state index in [2.05, 4.69) is 5.32 Å². The van der Waals surface area contributed by atoms with Crippen molar-refractivity contribution < 1.29 is 9.18 Å². The molecule has 1 atom stereocenters. The number of carbonyl (C=O) groups is 1. The van der Waals surface area contributed by atoms with Crippen LogP contribution in [-0.4, -0.2) is 5.91 Å². The quantitative estimate of drug-likeness (QED) is 0.893. The Hall–Kier alpha value is -1.91. The van der Waals surface area contributed by atoms with Gasteiger partial charge in [0.2, 0.25) is 5.91 Å². The second kappa shape index (κ2) is 5.47. The fourth-order valence-corrected chi connectivity index (χ4v) is 2.81. The van der Waals surface area contributed by atoms with Crippen molar-refractivity contribution in [2.75, 3.05) is 5.32 Å². The smallest absolute Gasteiger partial charge is 0.224 e. The number of amides is 1. The molecule has 0 saturated carbocycles. The van der Waals surface area contributed by atoms with Crippen molar-refractivity contribution in [3.8, 4) is 0 Å².